The summed E-state index contributed by atoms with van der Waals surface area (Å²) >= 11 is 0. The Morgan fingerprint density at radius 1 is 1.17 bits per heavy atom. The van der Waals surface area contributed by atoms with Gasteiger partial charge < -0.3 is 9.84 Å². The number of rotatable bonds is 7. The van der Waals surface area contributed by atoms with Gasteiger partial charge in [0.1, 0.15) is 5.75 Å². The molecule has 23 heavy (non-hydrogen) atoms. The Bertz CT molecular complexity index is 672. The normalized spacial score (nSPS) is 10.3. The van der Waals surface area contributed by atoms with Crippen molar-refractivity contribution >= 4 is 5.97 Å². The molecule has 0 heterocycles. The first-order chi connectivity index (χ1) is 11.1. The minimum Gasteiger partial charge on any atom is -0.507 e. The third-order valence-corrected chi connectivity index (χ3v) is 3.69. The van der Waals surface area contributed by atoms with E-state index >= 15 is 0 Å². The topological polar surface area (TPSA) is 46.5 Å². The Hall–Kier alpha value is -2.55. The standard InChI is InChI=1S/C20H22O3/c1-3-20(22)23-13-5-4-6-16-9-12-19(21)18(14-16)17-10-7-15(2)8-11-17/h3,7-12,14,21H,1,4-6,13H2,2H3. The molecule has 0 saturated heterocycles. The fraction of sp³-hybridized carbons (Fsp3) is 0.250. The minimum absolute atomic E-state index is 0.289. The van der Waals surface area contributed by atoms with Crippen LogP contribution in [0.15, 0.2) is 55.1 Å². The van der Waals surface area contributed by atoms with Gasteiger partial charge in [-0.25, -0.2) is 4.79 Å². The van der Waals surface area contributed by atoms with Gasteiger partial charge >= 0.3 is 5.97 Å². The van der Waals surface area contributed by atoms with E-state index in [4.69, 9.17) is 4.74 Å². The molecule has 1 N–H and O–H groups in total. The second-order valence-corrected chi connectivity index (χ2v) is 5.55. The summed E-state index contributed by atoms with van der Waals surface area (Å²) in [6.45, 7) is 5.81. The lowest BCUT2D eigenvalue weighted by atomic mass is 9.99. The van der Waals surface area contributed by atoms with E-state index in [1.165, 1.54) is 11.6 Å². The van der Waals surface area contributed by atoms with Crippen LogP contribution in [0.4, 0.5) is 0 Å². The molecule has 2 aromatic rings. The van der Waals surface area contributed by atoms with E-state index in [9.17, 15) is 9.90 Å². The van der Waals surface area contributed by atoms with Gasteiger partial charge in [-0.1, -0.05) is 42.5 Å². The zero-order valence-corrected chi connectivity index (χ0v) is 13.4. The molecule has 0 amide bonds. The van der Waals surface area contributed by atoms with E-state index in [-0.39, 0.29) is 11.7 Å². The number of carbonyl (C=O) groups excluding carboxylic acids is 1. The van der Waals surface area contributed by atoms with Crippen molar-refractivity contribution in [2.45, 2.75) is 26.2 Å². The van der Waals surface area contributed by atoms with E-state index in [0.29, 0.717) is 6.61 Å². The van der Waals surface area contributed by atoms with Crippen molar-refractivity contribution < 1.29 is 14.6 Å². The molecule has 0 atom stereocenters. The Morgan fingerprint density at radius 3 is 2.61 bits per heavy atom. The van der Waals surface area contributed by atoms with Crippen molar-refractivity contribution in [1.82, 2.24) is 0 Å². The number of benzene rings is 2. The molecule has 0 saturated carbocycles. The smallest absolute Gasteiger partial charge is 0.330 e. The molecular formula is C20H22O3. The maximum absolute atomic E-state index is 10.9. The van der Waals surface area contributed by atoms with Crippen LogP contribution in [0.5, 0.6) is 5.75 Å². The second kappa shape index (κ2) is 8.18. The van der Waals surface area contributed by atoms with Crippen LogP contribution in [0.3, 0.4) is 0 Å². The number of phenolic OH excluding ortho intramolecular Hbond substituents is 1. The number of aromatic hydroxyl groups is 1. The van der Waals surface area contributed by atoms with Crippen molar-refractivity contribution in [3.8, 4) is 16.9 Å². The minimum atomic E-state index is -0.378. The van der Waals surface area contributed by atoms with Gasteiger partial charge in [-0.15, -0.1) is 0 Å². The number of aryl methyl sites for hydroxylation is 2. The fourth-order valence-corrected chi connectivity index (χ4v) is 2.37. The highest BCUT2D eigenvalue weighted by molar-refractivity contribution is 5.81. The lowest BCUT2D eigenvalue weighted by Gasteiger charge is -2.09. The van der Waals surface area contributed by atoms with Gasteiger partial charge in [0.05, 0.1) is 6.61 Å². The van der Waals surface area contributed by atoms with E-state index in [0.717, 1.165) is 36.0 Å². The molecule has 0 aromatic heterocycles. The van der Waals surface area contributed by atoms with Crippen LogP contribution in [-0.2, 0) is 16.0 Å². The van der Waals surface area contributed by atoms with Crippen molar-refractivity contribution in [3.05, 3.63) is 66.2 Å². The summed E-state index contributed by atoms with van der Waals surface area (Å²) in [7, 11) is 0. The first-order valence-electron chi connectivity index (χ1n) is 7.78. The Morgan fingerprint density at radius 2 is 1.91 bits per heavy atom. The van der Waals surface area contributed by atoms with Crippen LogP contribution >= 0.6 is 0 Å². The molecule has 120 valence electrons. The summed E-state index contributed by atoms with van der Waals surface area (Å²) < 4.78 is 4.96. The number of ether oxygens (including phenoxy) is 1. The monoisotopic (exact) mass is 310 g/mol. The number of hydrogen-bond acceptors (Lipinski definition) is 3. The Kier molecular flexibility index (Phi) is 5.98. The van der Waals surface area contributed by atoms with Gasteiger partial charge in [0.2, 0.25) is 0 Å². The first kappa shape index (κ1) is 16.8. The van der Waals surface area contributed by atoms with Crippen LogP contribution < -0.4 is 0 Å². The van der Waals surface area contributed by atoms with Gasteiger partial charge in [0.15, 0.2) is 0 Å². The average molecular weight is 310 g/mol. The molecule has 3 heteroatoms. The van der Waals surface area contributed by atoms with Gasteiger partial charge in [-0.05, 0) is 49.4 Å². The SMILES string of the molecule is C=CC(=O)OCCCCc1ccc(O)c(-c2ccc(C)cc2)c1. The van der Waals surface area contributed by atoms with E-state index in [1.54, 1.807) is 6.07 Å². The number of esters is 1. The highest BCUT2D eigenvalue weighted by Gasteiger charge is 2.06. The van der Waals surface area contributed by atoms with Crippen molar-refractivity contribution in [1.29, 1.82) is 0 Å². The van der Waals surface area contributed by atoms with Crippen LogP contribution in [-0.4, -0.2) is 17.7 Å². The molecule has 0 unspecified atom stereocenters. The average Bonchev–Trinajstić information content (AvgIpc) is 2.56. The molecule has 0 aliphatic carbocycles. The molecule has 0 bridgehead atoms. The number of carbonyl (C=O) groups is 1. The third-order valence-electron chi connectivity index (χ3n) is 3.69. The quantitative estimate of drug-likeness (QED) is 0.468. The second-order valence-electron chi connectivity index (χ2n) is 5.55. The summed E-state index contributed by atoms with van der Waals surface area (Å²) in [6.07, 6.45) is 3.78. The fourth-order valence-electron chi connectivity index (χ4n) is 2.37. The van der Waals surface area contributed by atoms with Crippen LogP contribution in [0, 0.1) is 6.92 Å². The predicted molar refractivity (Wildman–Crippen MR) is 92.4 cm³/mol. The van der Waals surface area contributed by atoms with Gasteiger partial charge in [-0.3, -0.25) is 0 Å². The lowest BCUT2D eigenvalue weighted by Crippen LogP contribution is -2.02. The molecule has 0 aliphatic rings. The Balaban J connectivity index is 1.96. The highest BCUT2D eigenvalue weighted by Crippen LogP contribution is 2.30. The first-order valence-corrected chi connectivity index (χ1v) is 7.78. The maximum Gasteiger partial charge on any atom is 0.330 e. The highest BCUT2D eigenvalue weighted by atomic mass is 16.5. The van der Waals surface area contributed by atoms with Crippen LogP contribution in [0.1, 0.15) is 24.0 Å². The van der Waals surface area contributed by atoms with Crippen LogP contribution in [0.25, 0.3) is 11.1 Å². The summed E-state index contributed by atoms with van der Waals surface area (Å²) in [5.41, 5.74) is 4.21. The van der Waals surface area contributed by atoms with Crippen molar-refractivity contribution in [3.63, 3.8) is 0 Å². The maximum atomic E-state index is 10.9. The molecular weight excluding hydrogens is 288 g/mol. The van der Waals surface area contributed by atoms with E-state index < -0.39 is 0 Å². The van der Waals surface area contributed by atoms with Crippen molar-refractivity contribution in [2.75, 3.05) is 6.61 Å². The van der Waals surface area contributed by atoms with Gasteiger partial charge in [0, 0.05) is 11.6 Å². The molecule has 0 fully saturated rings. The zero-order chi connectivity index (χ0) is 16.7. The summed E-state index contributed by atoms with van der Waals surface area (Å²) in [5, 5.41) is 10.1. The Labute approximate surface area is 137 Å². The molecule has 2 rings (SSSR count). The largest absolute Gasteiger partial charge is 0.507 e. The summed E-state index contributed by atoms with van der Waals surface area (Å²) in [6, 6.07) is 13.8. The lowest BCUT2D eigenvalue weighted by molar-refractivity contribution is -0.137. The molecule has 0 spiro atoms. The molecule has 2 aromatic carbocycles. The molecule has 0 aliphatic heterocycles. The van der Waals surface area contributed by atoms with E-state index in [1.807, 2.05) is 43.3 Å². The van der Waals surface area contributed by atoms with Gasteiger partial charge in [0.25, 0.3) is 0 Å². The predicted octanol–water partition coefficient (Wildman–Crippen LogP) is 4.42. The van der Waals surface area contributed by atoms with E-state index in [2.05, 4.69) is 6.58 Å². The molecule has 3 nitrogen and oxygen atoms in total. The summed E-state index contributed by atoms with van der Waals surface area (Å²) in [4.78, 5) is 10.9. The van der Waals surface area contributed by atoms with Crippen LogP contribution in [0.2, 0.25) is 0 Å². The number of phenols is 1. The van der Waals surface area contributed by atoms with Crippen molar-refractivity contribution in [2.24, 2.45) is 0 Å². The number of unbranched alkanes of at least 4 members (excludes halogenated alkanes) is 1. The summed E-state index contributed by atoms with van der Waals surface area (Å²) in [5.74, 6) is -0.0891. The molecule has 0 radical (unpaired) electrons. The number of hydrogen-bond donors (Lipinski definition) is 1. The third kappa shape index (κ3) is 4.99. The zero-order valence-electron chi connectivity index (χ0n) is 13.4. The van der Waals surface area contributed by atoms with Gasteiger partial charge in [-0.2, -0.15) is 0 Å².